The van der Waals surface area contributed by atoms with E-state index in [2.05, 4.69) is 15.5 Å². The average molecular weight is 534 g/mol. The molecule has 0 bridgehead atoms. The standard InChI is InChI=1S/C23H22Cl2N6OS2/c1-34(32)15-10-8-14(9-11-15)26-20-19-21(30-22(29-20)31-12-3-2-4-13-31)33-23(28-19)27-18-16(24)6-5-7-17(18)25/h5-11H,2-4,12-13H2,1H3,(H,27,28)(H,26,29,30). The zero-order valence-corrected chi connectivity index (χ0v) is 21.5. The summed E-state index contributed by atoms with van der Waals surface area (Å²) in [4.78, 5) is 18.2. The average Bonchev–Trinajstić information content (AvgIpc) is 3.25. The lowest BCUT2D eigenvalue weighted by Gasteiger charge is -2.26. The zero-order chi connectivity index (χ0) is 23.7. The number of benzene rings is 2. The number of halogens is 2. The molecule has 4 aromatic rings. The van der Waals surface area contributed by atoms with Gasteiger partial charge in [0.15, 0.2) is 20.7 Å². The van der Waals surface area contributed by atoms with Crippen molar-refractivity contribution in [3.8, 4) is 0 Å². The number of nitrogens with one attached hydrogen (secondary N) is 2. The Balaban J connectivity index is 1.53. The normalized spacial score (nSPS) is 14.9. The molecule has 2 aromatic heterocycles. The van der Waals surface area contributed by atoms with Crippen LogP contribution >= 0.6 is 34.5 Å². The van der Waals surface area contributed by atoms with Gasteiger partial charge in [0.25, 0.3) is 0 Å². The first kappa shape index (κ1) is 23.4. The Kier molecular flexibility index (Phi) is 6.99. The molecule has 2 N–H and O–H groups in total. The Morgan fingerprint density at radius 2 is 1.65 bits per heavy atom. The summed E-state index contributed by atoms with van der Waals surface area (Å²) in [5, 5.41) is 8.27. The molecule has 0 radical (unpaired) electrons. The molecule has 1 unspecified atom stereocenters. The van der Waals surface area contributed by atoms with Gasteiger partial charge in [-0.2, -0.15) is 9.97 Å². The van der Waals surface area contributed by atoms with Crippen molar-refractivity contribution in [3.05, 3.63) is 52.5 Å². The maximum atomic E-state index is 11.7. The SMILES string of the molecule is C[S+]([O-])c1ccc(Nc2nc(N3CCCCC3)nc3sc(Nc4c(Cl)cccc4Cl)nc23)cc1. The predicted molar refractivity (Wildman–Crippen MR) is 143 cm³/mol. The molecule has 34 heavy (non-hydrogen) atoms. The lowest BCUT2D eigenvalue weighted by Crippen LogP contribution is -2.31. The molecule has 1 aliphatic rings. The van der Waals surface area contributed by atoms with Gasteiger partial charge in [-0.15, -0.1) is 0 Å². The zero-order valence-electron chi connectivity index (χ0n) is 18.3. The third kappa shape index (κ3) is 5.04. The highest BCUT2D eigenvalue weighted by atomic mass is 35.5. The Hall–Kier alpha value is -2.30. The van der Waals surface area contributed by atoms with E-state index in [-0.39, 0.29) is 0 Å². The third-order valence-corrected chi connectivity index (χ3v) is 7.96. The van der Waals surface area contributed by atoms with E-state index < -0.39 is 11.2 Å². The quantitative estimate of drug-likeness (QED) is 0.270. The van der Waals surface area contributed by atoms with Gasteiger partial charge in [0, 0.05) is 18.8 Å². The lowest BCUT2D eigenvalue weighted by molar-refractivity contribution is 0.569. The van der Waals surface area contributed by atoms with Crippen molar-refractivity contribution in [2.24, 2.45) is 0 Å². The van der Waals surface area contributed by atoms with Gasteiger partial charge in [-0.3, -0.25) is 0 Å². The maximum absolute atomic E-state index is 11.7. The van der Waals surface area contributed by atoms with Crippen LogP contribution in [0, 0.1) is 0 Å². The highest BCUT2D eigenvalue weighted by Crippen LogP contribution is 2.37. The number of aromatic nitrogens is 3. The van der Waals surface area contributed by atoms with Crippen LogP contribution in [0.25, 0.3) is 10.3 Å². The number of nitrogens with zero attached hydrogens (tertiary/aromatic N) is 4. The van der Waals surface area contributed by atoms with Crippen LogP contribution in [-0.4, -0.2) is 38.8 Å². The van der Waals surface area contributed by atoms with Gasteiger partial charge in [0.2, 0.25) is 5.95 Å². The highest BCUT2D eigenvalue weighted by Gasteiger charge is 2.20. The van der Waals surface area contributed by atoms with E-state index in [1.807, 2.05) is 24.3 Å². The molecule has 3 heterocycles. The van der Waals surface area contributed by atoms with E-state index in [1.54, 1.807) is 24.5 Å². The predicted octanol–water partition coefficient (Wildman–Crippen LogP) is 6.61. The Labute approximate surface area is 214 Å². The van der Waals surface area contributed by atoms with Crippen LogP contribution < -0.4 is 15.5 Å². The molecule has 1 saturated heterocycles. The van der Waals surface area contributed by atoms with Crippen LogP contribution in [0.3, 0.4) is 0 Å². The van der Waals surface area contributed by atoms with Gasteiger partial charge >= 0.3 is 0 Å². The van der Waals surface area contributed by atoms with Crippen molar-refractivity contribution in [2.75, 3.05) is 34.9 Å². The molecule has 1 aliphatic heterocycles. The molecule has 176 valence electrons. The van der Waals surface area contributed by atoms with E-state index in [0.29, 0.717) is 38.1 Å². The number of piperidine rings is 1. The van der Waals surface area contributed by atoms with E-state index in [0.717, 1.165) is 41.3 Å². The monoisotopic (exact) mass is 532 g/mol. The van der Waals surface area contributed by atoms with Gasteiger partial charge in [-0.25, -0.2) is 4.98 Å². The molecule has 2 aromatic carbocycles. The molecule has 0 aliphatic carbocycles. The molecular weight excluding hydrogens is 511 g/mol. The summed E-state index contributed by atoms with van der Waals surface area (Å²) in [5.41, 5.74) is 2.08. The molecule has 1 fully saturated rings. The number of fused-ring (bicyclic) bond motifs is 1. The number of hydrogen-bond acceptors (Lipinski definition) is 8. The van der Waals surface area contributed by atoms with Gasteiger partial charge in [0.1, 0.15) is 11.8 Å². The number of thiazole rings is 1. The smallest absolute Gasteiger partial charge is 0.228 e. The fraction of sp³-hybridized carbons (Fsp3) is 0.261. The van der Waals surface area contributed by atoms with Gasteiger partial charge in [-0.05, 0) is 66.8 Å². The molecule has 0 saturated carbocycles. The number of para-hydroxylation sites is 1. The van der Waals surface area contributed by atoms with Gasteiger partial charge in [0.05, 0.1) is 15.7 Å². The fourth-order valence-electron chi connectivity index (χ4n) is 3.78. The van der Waals surface area contributed by atoms with Crippen molar-refractivity contribution < 1.29 is 4.55 Å². The van der Waals surface area contributed by atoms with Crippen molar-refractivity contribution in [1.29, 1.82) is 0 Å². The number of rotatable bonds is 6. The first-order valence-electron chi connectivity index (χ1n) is 10.8. The van der Waals surface area contributed by atoms with Crippen molar-refractivity contribution >= 4 is 84.3 Å². The topological polar surface area (TPSA) is 89.0 Å². The van der Waals surface area contributed by atoms with Crippen molar-refractivity contribution in [1.82, 2.24) is 15.0 Å². The van der Waals surface area contributed by atoms with Crippen LogP contribution in [-0.2, 0) is 11.2 Å². The minimum Gasteiger partial charge on any atom is -0.612 e. The first-order chi connectivity index (χ1) is 16.5. The molecule has 0 amide bonds. The number of anilines is 5. The second-order valence-corrected chi connectivity index (χ2v) is 11.1. The van der Waals surface area contributed by atoms with Crippen LogP contribution in [0.15, 0.2) is 47.4 Å². The van der Waals surface area contributed by atoms with Gasteiger partial charge in [-0.1, -0.05) is 40.6 Å². The minimum atomic E-state index is -1.03. The third-order valence-electron chi connectivity index (χ3n) is 5.53. The maximum Gasteiger partial charge on any atom is 0.228 e. The summed E-state index contributed by atoms with van der Waals surface area (Å²) in [7, 11) is 0. The minimum absolute atomic E-state index is 0.513. The largest absolute Gasteiger partial charge is 0.612 e. The summed E-state index contributed by atoms with van der Waals surface area (Å²) in [6.45, 7) is 1.86. The Morgan fingerprint density at radius 1 is 0.941 bits per heavy atom. The highest BCUT2D eigenvalue weighted by molar-refractivity contribution is 7.90. The summed E-state index contributed by atoms with van der Waals surface area (Å²) in [5.74, 6) is 1.30. The molecular formula is C23H22Cl2N6OS2. The first-order valence-corrected chi connectivity index (χ1v) is 14.0. The Bertz CT molecular complexity index is 1290. The van der Waals surface area contributed by atoms with Crippen molar-refractivity contribution in [3.63, 3.8) is 0 Å². The van der Waals surface area contributed by atoms with Gasteiger partial charge < -0.3 is 20.1 Å². The Morgan fingerprint density at radius 3 is 2.32 bits per heavy atom. The van der Waals surface area contributed by atoms with E-state index in [4.69, 9.17) is 38.2 Å². The molecule has 7 nitrogen and oxygen atoms in total. The molecule has 5 rings (SSSR count). The van der Waals surface area contributed by atoms with Crippen LogP contribution in [0.2, 0.25) is 10.0 Å². The van der Waals surface area contributed by atoms with Crippen LogP contribution in [0.4, 0.5) is 28.3 Å². The second kappa shape index (κ2) is 10.1. The summed E-state index contributed by atoms with van der Waals surface area (Å²) < 4.78 is 11.7. The summed E-state index contributed by atoms with van der Waals surface area (Å²) in [6.07, 6.45) is 5.14. The van der Waals surface area contributed by atoms with E-state index in [1.165, 1.54) is 17.8 Å². The molecule has 0 spiro atoms. The summed E-state index contributed by atoms with van der Waals surface area (Å²) in [6, 6.07) is 12.8. The van der Waals surface area contributed by atoms with Crippen molar-refractivity contribution in [2.45, 2.75) is 24.2 Å². The fourth-order valence-corrected chi connectivity index (χ4v) is 5.63. The van der Waals surface area contributed by atoms with Crippen LogP contribution in [0.1, 0.15) is 19.3 Å². The summed E-state index contributed by atoms with van der Waals surface area (Å²) >= 11 is 13.1. The lowest BCUT2D eigenvalue weighted by atomic mass is 10.1. The molecule has 11 heteroatoms. The number of hydrogen-bond donors (Lipinski definition) is 2. The second-order valence-electron chi connectivity index (χ2n) is 7.92. The van der Waals surface area contributed by atoms with Crippen LogP contribution in [0.5, 0.6) is 0 Å². The van der Waals surface area contributed by atoms with E-state index in [9.17, 15) is 4.55 Å². The molecule has 1 atom stereocenters. The van der Waals surface area contributed by atoms with E-state index >= 15 is 0 Å².